The molecular formula is C24H26BrF2NO4. The third-order valence-corrected chi connectivity index (χ3v) is 6.62. The van der Waals surface area contributed by atoms with Crippen LogP contribution in [-0.2, 0) is 15.0 Å². The smallest absolute Gasteiger partial charge is 0.387 e. The summed E-state index contributed by atoms with van der Waals surface area (Å²) in [4.78, 5) is 25.3. The lowest BCUT2D eigenvalue weighted by molar-refractivity contribution is -0.144. The minimum atomic E-state index is -3.04. The van der Waals surface area contributed by atoms with Gasteiger partial charge in [0.25, 0.3) is 0 Å². The highest BCUT2D eigenvalue weighted by atomic mass is 79.9. The van der Waals surface area contributed by atoms with Gasteiger partial charge in [0.05, 0.1) is 17.0 Å². The molecule has 0 radical (unpaired) electrons. The molecule has 1 aliphatic carbocycles. The summed E-state index contributed by atoms with van der Waals surface area (Å²) in [6, 6.07) is 12.2. The van der Waals surface area contributed by atoms with Gasteiger partial charge < -0.3 is 15.2 Å². The Labute approximate surface area is 194 Å². The molecule has 0 heterocycles. The Morgan fingerprint density at radius 2 is 1.81 bits per heavy atom. The summed E-state index contributed by atoms with van der Waals surface area (Å²) >= 11 is 3.23. The number of rotatable bonds is 7. The first-order chi connectivity index (χ1) is 15.1. The largest absolute Gasteiger partial charge is 0.481 e. The molecule has 5 nitrogen and oxygen atoms in total. The average molecular weight is 510 g/mol. The van der Waals surface area contributed by atoms with Crippen molar-refractivity contribution in [2.75, 3.05) is 5.32 Å². The fourth-order valence-electron chi connectivity index (χ4n) is 4.45. The highest BCUT2D eigenvalue weighted by Crippen LogP contribution is 2.45. The van der Waals surface area contributed by atoms with Gasteiger partial charge in [0.1, 0.15) is 0 Å². The van der Waals surface area contributed by atoms with Crippen LogP contribution in [0.4, 0.5) is 14.5 Å². The van der Waals surface area contributed by atoms with Crippen LogP contribution in [0.2, 0.25) is 0 Å². The third-order valence-electron chi connectivity index (χ3n) is 6.13. The molecule has 1 fully saturated rings. The van der Waals surface area contributed by atoms with Crippen LogP contribution < -0.4 is 10.1 Å². The number of hydrogen-bond donors (Lipinski definition) is 2. The van der Waals surface area contributed by atoms with E-state index in [9.17, 15) is 23.5 Å². The first kappa shape index (κ1) is 24.2. The molecule has 2 aromatic carbocycles. The van der Waals surface area contributed by atoms with Crippen LogP contribution in [0, 0.1) is 5.92 Å². The molecule has 3 rings (SSSR count). The number of aliphatic carboxylic acids is 1. The summed E-state index contributed by atoms with van der Waals surface area (Å²) in [6.45, 7) is 1.04. The molecule has 0 saturated heterocycles. The second-order valence-electron chi connectivity index (χ2n) is 8.41. The Kier molecular flexibility index (Phi) is 7.54. The number of ether oxygens (including phenoxy) is 1. The molecule has 1 amide bonds. The van der Waals surface area contributed by atoms with Crippen LogP contribution in [-0.4, -0.2) is 23.6 Å². The van der Waals surface area contributed by atoms with Crippen molar-refractivity contribution in [1.29, 1.82) is 0 Å². The first-order valence-electron chi connectivity index (χ1n) is 10.5. The lowest BCUT2D eigenvalue weighted by Gasteiger charge is -2.40. The number of carbonyl (C=O) groups is 2. The van der Waals surface area contributed by atoms with Crippen molar-refractivity contribution in [3.8, 4) is 5.75 Å². The van der Waals surface area contributed by atoms with Gasteiger partial charge in [-0.05, 0) is 60.9 Å². The van der Waals surface area contributed by atoms with Gasteiger partial charge in [-0.15, -0.1) is 0 Å². The fraction of sp³-hybridized carbons (Fsp3) is 0.417. The third kappa shape index (κ3) is 5.11. The van der Waals surface area contributed by atoms with Gasteiger partial charge in [-0.25, -0.2) is 0 Å². The minimum Gasteiger partial charge on any atom is -0.481 e. The molecule has 0 aromatic heterocycles. The van der Waals surface area contributed by atoms with Crippen LogP contribution >= 0.6 is 15.9 Å². The summed E-state index contributed by atoms with van der Waals surface area (Å²) in [5.74, 6) is -1.71. The Hall–Kier alpha value is -2.48. The van der Waals surface area contributed by atoms with Crippen molar-refractivity contribution in [2.45, 2.75) is 57.5 Å². The van der Waals surface area contributed by atoms with Crippen LogP contribution in [0.1, 0.15) is 56.6 Å². The van der Waals surface area contributed by atoms with E-state index in [0.717, 1.165) is 11.1 Å². The molecule has 1 saturated carbocycles. The molecule has 0 atom stereocenters. The number of anilines is 1. The molecule has 0 spiro atoms. The summed E-state index contributed by atoms with van der Waals surface area (Å²) in [7, 11) is 0. The van der Waals surface area contributed by atoms with Crippen molar-refractivity contribution in [3.05, 3.63) is 58.1 Å². The van der Waals surface area contributed by atoms with Crippen molar-refractivity contribution in [1.82, 2.24) is 0 Å². The average Bonchev–Trinajstić information content (AvgIpc) is 2.75. The summed E-state index contributed by atoms with van der Waals surface area (Å²) in [6.07, 6.45) is 1.41. The number of carboxylic acid groups (broad SMARTS) is 1. The molecular weight excluding hydrogens is 484 g/mol. The van der Waals surface area contributed by atoms with Crippen molar-refractivity contribution in [3.63, 3.8) is 0 Å². The van der Waals surface area contributed by atoms with Gasteiger partial charge in [-0.3, -0.25) is 9.59 Å². The normalized spacial score (nSPS) is 20.9. The van der Waals surface area contributed by atoms with E-state index in [1.807, 2.05) is 38.1 Å². The van der Waals surface area contributed by atoms with Crippen LogP contribution in [0.15, 0.2) is 46.9 Å². The fourth-order valence-corrected chi connectivity index (χ4v) is 4.79. The number of carboxylic acids is 1. The molecule has 32 heavy (non-hydrogen) atoms. The zero-order valence-electron chi connectivity index (χ0n) is 17.9. The molecule has 0 unspecified atom stereocenters. The topological polar surface area (TPSA) is 75.6 Å². The highest BCUT2D eigenvalue weighted by Gasteiger charge is 2.46. The number of alkyl halides is 2. The Balaban J connectivity index is 2.02. The number of carbonyl (C=O) groups excluding carboxylic acids is 1. The highest BCUT2D eigenvalue weighted by molar-refractivity contribution is 9.10. The molecule has 1 aliphatic rings. The monoisotopic (exact) mass is 509 g/mol. The van der Waals surface area contributed by atoms with E-state index in [1.165, 1.54) is 12.1 Å². The van der Waals surface area contributed by atoms with E-state index in [0.29, 0.717) is 30.2 Å². The molecule has 2 aromatic rings. The quantitative estimate of drug-likeness (QED) is 0.457. The second-order valence-corrected chi connectivity index (χ2v) is 9.33. The molecule has 8 heteroatoms. The SMILES string of the molecule is CC(C)c1ccccc1C1(C(=O)Nc2ccc(Br)cc2OC(F)F)CCC(C(=O)O)CC1. The van der Waals surface area contributed by atoms with E-state index in [2.05, 4.69) is 26.0 Å². The molecule has 172 valence electrons. The van der Waals surface area contributed by atoms with E-state index in [-0.39, 0.29) is 23.3 Å². The van der Waals surface area contributed by atoms with E-state index in [1.54, 1.807) is 6.07 Å². The summed E-state index contributed by atoms with van der Waals surface area (Å²) in [5.41, 5.74) is 1.03. The van der Waals surface area contributed by atoms with E-state index >= 15 is 0 Å². The minimum absolute atomic E-state index is 0.139. The van der Waals surface area contributed by atoms with Crippen molar-refractivity contribution < 1.29 is 28.2 Å². The maximum atomic E-state index is 13.8. The number of nitrogens with one attached hydrogen (secondary N) is 1. The Bertz CT molecular complexity index is 988. The Morgan fingerprint density at radius 1 is 1.16 bits per heavy atom. The number of benzene rings is 2. The van der Waals surface area contributed by atoms with Gasteiger partial charge in [0, 0.05) is 4.47 Å². The second kappa shape index (κ2) is 9.98. The zero-order valence-corrected chi connectivity index (χ0v) is 19.5. The van der Waals surface area contributed by atoms with Crippen molar-refractivity contribution in [2.24, 2.45) is 5.92 Å². The standard InChI is InChI=1S/C24H26BrF2NO4/c1-14(2)17-5-3-4-6-18(17)24(11-9-15(10-12-24)21(29)30)22(31)28-19-8-7-16(25)13-20(19)32-23(26)27/h3-8,13-15,23H,9-12H2,1-2H3,(H,28,31)(H,29,30). The first-order valence-corrected chi connectivity index (χ1v) is 11.3. The molecule has 2 N–H and O–H groups in total. The van der Waals surface area contributed by atoms with Gasteiger partial charge in [0.2, 0.25) is 5.91 Å². The maximum absolute atomic E-state index is 13.8. The van der Waals surface area contributed by atoms with Gasteiger partial charge in [-0.1, -0.05) is 54.0 Å². The Morgan fingerprint density at radius 3 is 2.41 bits per heavy atom. The van der Waals surface area contributed by atoms with Gasteiger partial charge in [-0.2, -0.15) is 8.78 Å². The van der Waals surface area contributed by atoms with Crippen LogP contribution in [0.3, 0.4) is 0 Å². The number of amides is 1. The van der Waals surface area contributed by atoms with Crippen LogP contribution in [0.25, 0.3) is 0 Å². The van der Waals surface area contributed by atoms with Gasteiger partial charge in [0.15, 0.2) is 5.75 Å². The lowest BCUT2D eigenvalue weighted by Crippen LogP contribution is -2.45. The summed E-state index contributed by atoms with van der Waals surface area (Å²) in [5, 5.41) is 12.2. The lowest BCUT2D eigenvalue weighted by atomic mass is 9.64. The van der Waals surface area contributed by atoms with Crippen molar-refractivity contribution >= 4 is 33.5 Å². The molecule has 0 bridgehead atoms. The maximum Gasteiger partial charge on any atom is 0.387 e. The number of hydrogen-bond acceptors (Lipinski definition) is 3. The predicted octanol–water partition coefficient (Wildman–Crippen LogP) is 6.33. The summed E-state index contributed by atoms with van der Waals surface area (Å²) < 4.78 is 31.0. The van der Waals surface area contributed by atoms with Crippen LogP contribution in [0.5, 0.6) is 5.75 Å². The van der Waals surface area contributed by atoms with Gasteiger partial charge >= 0.3 is 12.6 Å². The number of halogens is 3. The predicted molar refractivity (Wildman–Crippen MR) is 121 cm³/mol. The van der Waals surface area contributed by atoms with E-state index < -0.39 is 23.9 Å². The van der Waals surface area contributed by atoms with E-state index in [4.69, 9.17) is 0 Å². The zero-order chi connectivity index (χ0) is 23.5. The molecule has 0 aliphatic heterocycles.